The second-order valence-corrected chi connectivity index (χ2v) is 7.72. The van der Waals surface area contributed by atoms with Crippen LogP contribution < -0.4 is 0 Å². The highest BCUT2D eigenvalue weighted by Gasteiger charge is 2.35. The first-order chi connectivity index (χ1) is 11.5. The SMILES string of the molecule is O=C1S/C(=C\c2ccc(Cl)cc2Cl)C(=O)N1Cc1ccccc1Br. The molecule has 0 N–H and O–H groups in total. The van der Waals surface area contributed by atoms with E-state index in [0.29, 0.717) is 20.5 Å². The molecule has 2 aromatic rings. The molecule has 1 aliphatic rings. The van der Waals surface area contributed by atoms with Crippen LogP contribution in [0.15, 0.2) is 51.8 Å². The van der Waals surface area contributed by atoms with E-state index >= 15 is 0 Å². The van der Waals surface area contributed by atoms with Gasteiger partial charge >= 0.3 is 0 Å². The third-order valence-corrected chi connectivity index (χ3v) is 5.65. The minimum atomic E-state index is -0.327. The topological polar surface area (TPSA) is 37.4 Å². The zero-order valence-electron chi connectivity index (χ0n) is 12.1. The van der Waals surface area contributed by atoms with Gasteiger partial charge in [0, 0.05) is 14.5 Å². The Morgan fingerprint density at radius 3 is 2.58 bits per heavy atom. The second kappa shape index (κ2) is 7.31. The van der Waals surface area contributed by atoms with Crippen LogP contribution in [0.1, 0.15) is 11.1 Å². The first kappa shape index (κ1) is 17.5. The molecule has 3 rings (SSSR count). The van der Waals surface area contributed by atoms with E-state index in [4.69, 9.17) is 23.2 Å². The normalized spacial score (nSPS) is 16.3. The van der Waals surface area contributed by atoms with E-state index in [1.54, 1.807) is 24.3 Å². The number of rotatable bonds is 3. The molecule has 0 atom stereocenters. The summed E-state index contributed by atoms with van der Waals surface area (Å²) in [6, 6.07) is 12.5. The van der Waals surface area contributed by atoms with Gasteiger partial charge in [-0.2, -0.15) is 0 Å². The Morgan fingerprint density at radius 2 is 1.88 bits per heavy atom. The minimum absolute atomic E-state index is 0.220. The quantitative estimate of drug-likeness (QED) is 0.547. The maximum atomic E-state index is 12.5. The van der Waals surface area contributed by atoms with Crippen LogP contribution in [-0.4, -0.2) is 16.0 Å². The van der Waals surface area contributed by atoms with Crippen LogP contribution >= 0.6 is 50.9 Å². The number of carbonyl (C=O) groups excluding carboxylic acids is 2. The van der Waals surface area contributed by atoms with Crippen molar-refractivity contribution in [2.75, 3.05) is 0 Å². The van der Waals surface area contributed by atoms with E-state index in [1.807, 2.05) is 24.3 Å². The van der Waals surface area contributed by atoms with E-state index in [0.717, 1.165) is 21.8 Å². The van der Waals surface area contributed by atoms with Crippen LogP contribution in [0.2, 0.25) is 10.0 Å². The van der Waals surface area contributed by atoms with Gasteiger partial charge in [0.2, 0.25) is 0 Å². The predicted octanol–water partition coefficient (Wildman–Crippen LogP) is 5.99. The summed E-state index contributed by atoms with van der Waals surface area (Å²) in [6.07, 6.45) is 1.61. The zero-order chi connectivity index (χ0) is 17.3. The average Bonchev–Trinajstić information content (AvgIpc) is 2.79. The molecule has 0 radical (unpaired) electrons. The van der Waals surface area contributed by atoms with Crippen molar-refractivity contribution < 1.29 is 9.59 Å². The highest BCUT2D eigenvalue weighted by Crippen LogP contribution is 2.35. The number of imide groups is 1. The molecular weight excluding hydrogens is 433 g/mol. The summed E-state index contributed by atoms with van der Waals surface area (Å²) < 4.78 is 0.855. The van der Waals surface area contributed by atoms with Gasteiger partial charge in [-0.3, -0.25) is 14.5 Å². The van der Waals surface area contributed by atoms with Crippen LogP contribution in [0.3, 0.4) is 0 Å². The van der Waals surface area contributed by atoms with Crippen molar-refractivity contribution in [3.05, 3.63) is 73.0 Å². The summed E-state index contributed by atoms with van der Waals surface area (Å²) in [5.41, 5.74) is 1.51. The van der Waals surface area contributed by atoms with Gasteiger partial charge < -0.3 is 0 Å². The lowest BCUT2D eigenvalue weighted by molar-refractivity contribution is -0.123. The molecule has 0 aliphatic carbocycles. The van der Waals surface area contributed by atoms with Gasteiger partial charge in [0.15, 0.2) is 0 Å². The maximum Gasteiger partial charge on any atom is 0.293 e. The molecule has 122 valence electrons. The predicted molar refractivity (Wildman–Crippen MR) is 102 cm³/mol. The smallest absolute Gasteiger partial charge is 0.268 e. The molecule has 0 bridgehead atoms. The highest BCUT2D eigenvalue weighted by atomic mass is 79.9. The molecule has 2 amide bonds. The standard InChI is InChI=1S/C17H10BrCl2NO2S/c18-13-4-2-1-3-11(13)9-21-16(22)15(24-17(21)23)7-10-5-6-12(19)8-14(10)20/h1-8H,9H2/b15-7-. The lowest BCUT2D eigenvalue weighted by Crippen LogP contribution is -2.27. The fourth-order valence-electron chi connectivity index (χ4n) is 2.19. The minimum Gasteiger partial charge on any atom is -0.268 e. The van der Waals surface area contributed by atoms with Crippen LogP contribution in [0, 0.1) is 0 Å². The number of halogens is 3. The third kappa shape index (κ3) is 3.70. The lowest BCUT2D eigenvalue weighted by Gasteiger charge is -2.13. The maximum absolute atomic E-state index is 12.5. The Bertz CT molecular complexity index is 869. The van der Waals surface area contributed by atoms with Crippen molar-refractivity contribution in [1.82, 2.24) is 4.90 Å². The Morgan fingerprint density at radius 1 is 1.12 bits per heavy atom. The number of carbonyl (C=O) groups is 2. The van der Waals surface area contributed by atoms with Gasteiger partial charge in [-0.1, -0.05) is 63.4 Å². The van der Waals surface area contributed by atoms with Gasteiger partial charge in [-0.25, -0.2) is 0 Å². The summed E-state index contributed by atoms with van der Waals surface area (Å²) in [5.74, 6) is -0.327. The van der Waals surface area contributed by atoms with Gasteiger partial charge in [0.05, 0.1) is 11.4 Å². The van der Waals surface area contributed by atoms with E-state index in [1.165, 1.54) is 4.90 Å². The Balaban J connectivity index is 1.86. The molecule has 7 heteroatoms. The number of thioether (sulfide) groups is 1. The molecule has 0 aromatic heterocycles. The molecule has 3 nitrogen and oxygen atoms in total. The number of hydrogen-bond acceptors (Lipinski definition) is 3. The summed E-state index contributed by atoms with van der Waals surface area (Å²) in [5, 5.41) is 0.645. The van der Waals surface area contributed by atoms with Crippen molar-refractivity contribution in [3.63, 3.8) is 0 Å². The Labute approximate surface area is 161 Å². The monoisotopic (exact) mass is 441 g/mol. The van der Waals surface area contributed by atoms with Crippen molar-refractivity contribution in [1.29, 1.82) is 0 Å². The largest absolute Gasteiger partial charge is 0.293 e. The van der Waals surface area contributed by atoms with E-state index in [9.17, 15) is 9.59 Å². The first-order valence-corrected chi connectivity index (χ1v) is 9.26. The molecule has 24 heavy (non-hydrogen) atoms. The summed E-state index contributed by atoms with van der Waals surface area (Å²) in [6.45, 7) is 0.220. The van der Waals surface area contributed by atoms with Crippen molar-refractivity contribution >= 4 is 68.1 Å². The number of hydrogen-bond donors (Lipinski definition) is 0. The summed E-state index contributed by atoms with van der Waals surface area (Å²) >= 11 is 16.3. The van der Waals surface area contributed by atoms with Gasteiger partial charge in [0.1, 0.15) is 0 Å². The van der Waals surface area contributed by atoms with E-state index in [2.05, 4.69) is 15.9 Å². The fraction of sp³-hybridized carbons (Fsp3) is 0.0588. The number of amides is 2. The molecule has 0 saturated carbocycles. The summed E-state index contributed by atoms with van der Waals surface area (Å²) in [7, 11) is 0. The zero-order valence-corrected chi connectivity index (χ0v) is 16.0. The molecule has 2 aromatic carbocycles. The average molecular weight is 443 g/mol. The fourth-order valence-corrected chi connectivity index (χ4v) is 3.90. The Hall–Kier alpha value is -1.27. The third-order valence-electron chi connectivity index (χ3n) is 3.41. The van der Waals surface area contributed by atoms with Crippen LogP contribution in [0.25, 0.3) is 6.08 Å². The Kier molecular flexibility index (Phi) is 5.35. The van der Waals surface area contributed by atoms with Crippen LogP contribution in [0.4, 0.5) is 4.79 Å². The van der Waals surface area contributed by atoms with Crippen molar-refractivity contribution in [2.24, 2.45) is 0 Å². The number of benzene rings is 2. The summed E-state index contributed by atoms with van der Waals surface area (Å²) in [4.78, 5) is 26.3. The van der Waals surface area contributed by atoms with Crippen LogP contribution in [0.5, 0.6) is 0 Å². The second-order valence-electron chi connectivity index (χ2n) is 5.03. The van der Waals surface area contributed by atoms with Crippen molar-refractivity contribution in [3.8, 4) is 0 Å². The molecule has 1 fully saturated rings. The van der Waals surface area contributed by atoms with E-state index in [-0.39, 0.29) is 17.7 Å². The van der Waals surface area contributed by atoms with Gasteiger partial charge in [-0.05, 0) is 47.2 Å². The highest BCUT2D eigenvalue weighted by molar-refractivity contribution is 9.10. The molecular formula is C17H10BrCl2NO2S. The lowest BCUT2D eigenvalue weighted by atomic mass is 10.2. The van der Waals surface area contributed by atoms with Crippen LogP contribution in [-0.2, 0) is 11.3 Å². The van der Waals surface area contributed by atoms with E-state index < -0.39 is 0 Å². The van der Waals surface area contributed by atoms with Gasteiger partial charge in [0.25, 0.3) is 11.1 Å². The van der Waals surface area contributed by atoms with Gasteiger partial charge in [-0.15, -0.1) is 0 Å². The molecule has 1 heterocycles. The molecule has 1 aliphatic heterocycles. The molecule has 0 spiro atoms. The molecule has 0 unspecified atom stereocenters. The number of nitrogens with zero attached hydrogens (tertiary/aromatic N) is 1. The first-order valence-electron chi connectivity index (χ1n) is 6.89. The molecule has 1 saturated heterocycles. The van der Waals surface area contributed by atoms with Crippen molar-refractivity contribution in [2.45, 2.75) is 6.54 Å².